The van der Waals surface area contributed by atoms with Crippen LogP contribution >= 0.6 is 11.8 Å². The molecule has 94 valence electrons. The maximum absolute atomic E-state index is 11.1. The summed E-state index contributed by atoms with van der Waals surface area (Å²) in [6, 6.07) is 7.99. The van der Waals surface area contributed by atoms with Gasteiger partial charge in [0.05, 0.1) is 11.1 Å². The van der Waals surface area contributed by atoms with E-state index in [0.717, 1.165) is 29.5 Å². The molecular formula is C14H16N2OS. The van der Waals surface area contributed by atoms with Crippen molar-refractivity contribution >= 4 is 28.6 Å². The first kappa shape index (κ1) is 12.9. The third-order valence-electron chi connectivity index (χ3n) is 2.84. The van der Waals surface area contributed by atoms with Crippen LogP contribution in [-0.4, -0.2) is 22.9 Å². The van der Waals surface area contributed by atoms with Gasteiger partial charge in [0.25, 0.3) is 0 Å². The minimum absolute atomic E-state index is 0.433. The van der Waals surface area contributed by atoms with Crippen molar-refractivity contribution in [3.05, 3.63) is 41.6 Å². The SMILES string of the molecule is CSCCCc1ccc2ncc(C(N)=O)cc2c1. The standard InChI is InChI=1S/C14H16N2OS/c1-18-6-2-3-10-4-5-13-11(7-10)8-12(9-16-13)14(15)17/h4-5,7-9H,2-3,6H2,1H3,(H2,15,17). The molecule has 0 atom stereocenters. The minimum Gasteiger partial charge on any atom is -0.366 e. The summed E-state index contributed by atoms with van der Waals surface area (Å²) in [5.74, 6) is 0.731. The molecule has 0 unspecified atom stereocenters. The molecule has 1 aromatic carbocycles. The number of nitrogens with zero attached hydrogens (tertiary/aromatic N) is 1. The van der Waals surface area contributed by atoms with Crippen LogP contribution in [0, 0.1) is 0 Å². The molecule has 4 heteroatoms. The second-order valence-electron chi connectivity index (χ2n) is 4.21. The fraction of sp³-hybridized carbons (Fsp3) is 0.286. The van der Waals surface area contributed by atoms with Gasteiger partial charge in [-0.2, -0.15) is 11.8 Å². The number of hydrogen-bond acceptors (Lipinski definition) is 3. The molecule has 18 heavy (non-hydrogen) atoms. The van der Waals surface area contributed by atoms with Crippen molar-refractivity contribution in [3.63, 3.8) is 0 Å². The number of nitrogens with two attached hydrogens (primary N) is 1. The van der Waals surface area contributed by atoms with E-state index < -0.39 is 5.91 Å². The van der Waals surface area contributed by atoms with Crippen LogP contribution < -0.4 is 5.73 Å². The normalized spacial score (nSPS) is 10.7. The Bertz CT molecular complexity index is 569. The number of fused-ring (bicyclic) bond motifs is 1. The average Bonchev–Trinajstić information content (AvgIpc) is 2.38. The van der Waals surface area contributed by atoms with Crippen LogP contribution in [0.5, 0.6) is 0 Å². The van der Waals surface area contributed by atoms with Crippen molar-refractivity contribution in [2.75, 3.05) is 12.0 Å². The van der Waals surface area contributed by atoms with E-state index in [-0.39, 0.29) is 0 Å². The lowest BCUT2D eigenvalue weighted by atomic mass is 10.1. The van der Waals surface area contributed by atoms with E-state index in [1.165, 1.54) is 11.8 Å². The Labute approximate surface area is 111 Å². The van der Waals surface area contributed by atoms with Gasteiger partial charge in [0.2, 0.25) is 5.91 Å². The monoisotopic (exact) mass is 260 g/mol. The van der Waals surface area contributed by atoms with Gasteiger partial charge >= 0.3 is 0 Å². The fourth-order valence-electron chi connectivity index (χ4n) is 1.89. The maximum atomic E-state index is 11.1. The third-order valence-corrected chi connectivity index (χ3v) is 3.54. The quantitative estimate of drug-likeness (QED) is 0.841. The highest BCUT2D eigenvalue weighted by Gasteiger charge is 2.03. The Kier molecular flexibility index (Phi) is 4.20. The highest BCUT2D eigenvalue weighted by Crippen LogP contribution is 2.17. The number of aromatic nitrogens is 1. The van der Waals surface area contributed by atoms with Crippen LogP contribution in [0.4, 0.5) is 0 Å². The molecule has 0 aliphatic heterocycles. The number of amides is 1. The summed E-state index contributed by atoms with van der Waals surface area (Å²) >= 11 is 1.86. The summed E-state index contributed by atoms with van der Waals surface area (Å²) in [7, 11) is 0. The Morgan fingerprint density at radius 3 is 2.94 bits per heavy atom. The molecule has 0 fully saturated rings. The van der Waals surface area contributed by atoms with Gasteiger partial charge in [-0.3, -0.25) is 9.78 Å². The molecule has 0 saturated heterocycles. The topological polar surface area (TPSA) is 56.0 Å². The number of carbonyl (C=O) groups excluding carboxylic acids is 1. The lowest BCUT2D eigenvalue weighted by molar-refractivity contribution is 0.1000. The van der Waals surface area contributed by atoms with Crippen LogP contribution in [0.2, 0.25) is 0 Å². The van der Waals surface area contributed by atoms with Crippen molar-refractivity contribution in [1.29, 1.82) is 0 Å². The minimum atomic E-state index is -0.433. The van der Waals surface area contributed by atoms with Gasteiger partial charge in [0.15, 0.2) is 0 Å². The van der Waals surface area contributed by atoms with Crippen LogP contribution in [0.15, 0.2) is 30.5 Å². The van der Waals surface area contributed by atoms with E-state index >= 15 is 0 Å². The van der Waals surface area contributed by atoms with E-state index in [0.29, 0.717) is 5.56 Å². The number of hydrogen-bond donors (Lipinski definition) is 1. The van der Waals surface area contributed by atoms with E-state index in [9.17, 15) is 4.79 Å². The van der Waals surface area contributed by atoms with E-state index in [2.05, 4.69) is 23.4 Å². The predicted octanol–water partition coefficient (Wildman–Crippen LogP) is 2.63. The smallest absolute Gasteiger partial charge is 0.250 e. The van der Waals surface area contributed by atoms with Gasteiger partial charge in [-0.1, -0.05) is 6.07 Å². The largest absolute Gasteiger partial charge is 0.366 e. The predicted molar refractivity (Wildman–Crippen MR) is 77.0 cm³/mol. The molecule has 2 N–H and O–H groups in total. The van der Waals surface area contributed by atoms with Gasteiger partial charge in [0.1, 0.15) is 0 Å². The first-order valence-electron chi connectivity index (χ1n) is 5.88. The molecule has 0 bridgehead atoms. The number of pyridine rings is 1. The van der Waals surface area contributed by atoms with Crippen molar-refractivity contribution in [1.82, 2.24) is 4.98 Å². The Balaban J connectivity index is 2.27. The molecule has 0 saturated carbocycles. The molecule has 3 nitrogen and oxygen atoms in total. The Morgan fingerprint density at radius 2 is 2.22 bits per heavy atom. The lowest BCUT2D eigenvalue weighted by Crippen LogP contribution is -2.11. The first-order chi connectivity index (χ1) is 8.70. The number of thioether (sulfide) groups is 1. The van der Waals surface area contributed by atoms with Crippen molar-refractivity contribution in [3.8, 4) is 0 Å². The highest BCUT2D eigenvalue weighted by atomic mass is 32.2. The molecule has 0 radical (unpaired) electrons. The molecule has 1 aromatic heterocycles. The van der Waals surface area contributed by atoms with E-state index in [1.54, 1.807) is 0 Å². The summed E-state index contributed by atoms with van der Waals surface area (Å²) < 4.78 is 0. The van der Waals surface area contributed by atoms with E-state index in [4.69, 9.17) is 5.73 Å². The zero-order valence-corrected chi connectivity index (χ0v) is 11.2. The van der Waals surface area contributed by atoms with Crippen LogP contribution in [-0.2, 0) is 6.42 Å². The van der Waals surface area contributed by atoms with Crippen LogP contribution in [0.25, 0.3) is 10.9 Å². The molecule has 1 heterocycles. The molecular weight excluding hydrogens is 244 g/mol. The lowest BCUT2D eigenvalue weighted by Gasteiger charge is -2.04. The van der Waals surface area contributed by atoms with Gasteiger partial charge in [-0.25, -0.2) is 0 Å². The van der Waals surface area contributed by atoms with Gasteiger partial charge in [-0.15, -0.1) is 0 Å². The third kappa shape index (κ3) is 3.01. The second-order valence-corrected chi connectivity index (χ2v) is 5.20. The summed E-state index contributed by atoms with van der Waals surface area (Å²) in [5, 5.41) is 0.980. The molecule has 0 aliphatic carbocycles. The molecule has 2 rings (SSSR count). The molecule has 2 aromatic rings. The summed E-state index contributed by atoms with van der Waals surface area (Å²) in [5.41, 5.74) is 7.90. The number of carbonyl (C=O) groups is 1. The molecule has 0 spiro atoms. The van der Waals surface area contributed by atoms with Gasteiger partial charge < -0.3 is 5.73 Å². The fourth-order valence-corrected chi connectivity index (χ4v) is 2.32. The van der Waals surface area contributed by atoms with Crippen molar-refractivity contribution in [2.24, 2.45) is 5.73 Å². The van der Waals surface area contributed by atoms with Crippen molar-refractivity contribution in [2.45, 2.75) is 12.8 Å². The number of aryl methyl sites for hydroxylation is 1. The van der Waals surface area contributed by atoms with E-state index in [1.807, 2.05) is 23.9 Å². The van der Waals surface area contributed by atoms with Crippen LogP contribution in [0.1, 0.15) is 22.3 Å². The number of benzene rings is 1. The van der Waals surface area contributed by atoms with Crippen LogP contribution in [0.3, 0.4) is 0 Å². The summed E-state index contributed by atoms with van der Waals surface area (Å²) in [6.07, 6.45) is 5.86. The zero-order valence-electron chi connectivity index (χ0n) is 10.3. The van der Waals surface area contributed by atoms with Gasteiger partial charge in [-0.05, 0) is 48.6 Å². The summed E-state index contributed by atoms with van der Waals surface area (Å²) in [6.45, 7) is 0. The highest BCUT2D eigenvalue weighted by molar-refractivity contribution is 7.98. The number of rotatable bonds is 5. The number of primary amides is 1. The Hall–Kier alpha value is -1.55. The molecule has 0 aliphatic rings. The van der Waals surface area contributed by atoms with Crippen molar-refractivity contribution < 1.29 is 4.79 Å². The molecule has 1 amide bonds. The maximum Gasteiger partial charge on any atom is 0.250 e. The average molecular weight is 260 g/mol. The zero-order chi connectivity index (χ0) is 13.0. The summed E-state index contributed by atoms with van der Waals surface area (Å²) in [4.78, 5) is 15.4. The van der Waals surface area contributed by atoms with Gasteiger partial charge in [0, 0.05) is 11.6 Å². The second kappa shape index (κ2) is 5.87. The first-order valence-corrected chi connectivity index (χ1v) is 7.27. The Morgan fingerprint density at radius 1 is 1.39 bits per heavy atom.